The molecule has 0 bridgehead atoms. The summed E-state index contributed by atoms with van der Waals surface area (Å²) in [5, 5.41) is 9.11. The first kappa shape index (κ1) is 14.0. The lowest BCUT2D eigenvalue weighted by molar-refractivity contribution is 0.0996. The highest BCUT2D eigenvalue weighted by Crippen LogP contribution is 2.27. The van der Waals surface area contributed by atoms with E-state index < -0.39 is 0 Å². The van der Waals surface area contributed by atoms with Crippen molar-refractivity contribution in [1.29, 1.82) is 5.26 Å². The summed E-state index contributed by atoms with van der Waals surface area (Å²) < 4.78 is 0. The van der Waals surface area contributed by atoms with Crippen LogP contribution in [0.15, 0.2) is 30.3 Å². The molecule has 0 N–H and O–H groups in total. The first-order valence-corrected chi connectivity index (χ1v) is 7.04. The van der Waals surface area contributed by atoms with Gasteiger partial charge < -0.3 is 4.90 Å². The third-order valence-corrected chi connectivity index (χ3v) is 4.14. The second-order valence-electron chi connectivity index (χ2n) is 5.51. The molecule has 0 spiro atoms. The van der Waals surface area contributed by atoms with Gasteiger partial charge in [-0.1, -0.05) is 30.3 Å². The van der Waals surface area contributed by atoms with Gasteiger partial charge in [-0.15, -0.1) is 0 Å². The summed E-state index contributed by atoms with van der Waals surface area (Å²) in [6.07, 6.45) is 3.04. The first-order valence-electron chi connectivity index (χ1n) is 7.04. The average Bonchev–Trinajstić information content (AvgIpc) is 2.45. The number of likely N-dealkylation sites (tertiary alicyclic amines) is 1. The fourth-order valence-electron chi connectivity index (χ4n) is 2.98. The summed E-state index contributed by atoms with van der Waals surface area (Å²) in [4.78, 5) is 4.79. The molecule has 1 saturated heterocycles. The molecule has 2 unspecified atom stereocenters. The van der Waals surface area contributed by atoms with Crippen molar-refractivity contribution in [3.05, 3.63) is 35.9 Å². The molecule has 1 heterocycles. The number of rotatable bonds is 4. The topological polar surface area (TPSA) is 30.3 Å². The van der Waals surface area contributed by atoms with Crippen LogP contribution in [0.1, 0.15) is 30.9 Å². The number of nitriles is 1. The minimum Gasteiger partial charge on any atom is -0.305 e. The van der Waals surface area contributed by atoms with E-state index in [0.29, 0.717) is 12.5 Å². The van der Waals surface area contributed by atoms with Crippen molar-refractivity contribution >= 4 is 0 Å². The maximum atomic E-state index is 9.11. The van der Waals surface area contributed by atoms with E-state index in [1.54, 1.807) is 0 Å². The molecular formula is C16H23N3. The zero-order valence-corrected chi connectivity index (χ0v) is 11.9. The number of piperidine rings is 1. The van der Waals surface area contributed by atoms with Crippen molar-refractivity contribution in [2.45, 2.75) is 31.3 Å². The van der Waals surface area contributed by atoms with Crippen molar-refractivity contribution in [2.24, 2.45) is 0 Å². The molecule has 2 rings (SSSR count). The molecule has 3 heteroatoms. The molecule has 1 aliphatic heterocycles. The second-order valence-corrected chi connectivity index (χ2v) is 5.51. The molecule has 1 aromatic carbocycles. The van der Waals surface area contributed by atoms with Crippen LogP contribution in [-0.4, -0.2) is 43.0 Å². The van der Waals surface area contributed by atoms with Crippen LogP contribution in [0.5, 0.6) is 0 Å². The van der Waals surface area contributed by atoms with Crippen molar-refractivity contribution < 1.29 is 0 Å². The minimum absolute atomic E-state index is 0.211. The molecule has 19 heavy (non-hydrogen) atoms. The van der Waals surface area contributed by atoms with E-state index in [2.05, 4.69) is 54.2 Å². The van der Waals surface area contributed by atoms with Gasteiger partial charge in [0.25, 0.3) is 0 Å². The fourth-order valence-corrected chi connectivity index (χ4v) is 2.98. The van der Waals surface area contributed by atoms with Crippen molar-refractivity contribution in [3.63, 3.8) is 0 Å². The second kappa shape index (κ2) is 6.70. The molecule has 0 radical (unpaired) electrons. The van der Waals surface area contributed by atoms with Crippen LogP contribution < -0.4 is 0 Å². The summed E-state index contributed by atoms with van der Waals surface area (Å²) >= 11 is 0. The SMILES string of the molecule is CN1CCCC(N(C)C(CC#N)c2ccccc2)C1. The highest BCUT2D eigenvalue weighted by molar-refractivity contribution is 5.20. The van der Waals surface area contributed by atoms with E-state index in [1.807, 2.05) is 6.07 Å². The molecule has 102 valence electrons. The number of hydrogen-bond donors (Lipinski definition) is 0. The summed E-state index contributed by atoms with van der Waals surface area (Å²) in [7, 11) is 4.35. The zero-order valence-electron chi connectivity index (χ0n) is 11.9. The van der Waals surface area contributed by atoms with Gasteiger partial charge in [0.15, 0.2) is 0 Å². The van der Waals surface area contributed by atoms with Crippen LogP contribution in [0, 0.1) is 11.3 Å². The van der Waals surface area contributed by atoms with Gasteiger partial charge in [-0.25, -0.2) is 0 Å². The molecule has 0 aliphatic carbocycles. The normalized spacial score (nSPS) is 22.1. The Kier molecular flexibility index (Phi) is 4.95. The number of nitrogens with zero attached hydrogens (tertiary/aromatic N) is 3. The van der Waals surface area contributed by atoms with Crippen LogP contribution in [-0.2, 0) is 0 Å². The Hall–Kier alpha value is -1.37. The summed E-state index contributed by atoms with van der Waals surface area (Å²) in [6, 6.07) is 13.5. The van der Waals surface area contributed by atoms with Crippen LogP contribution in [0.3, 0.4) is 0 Å². The molecule has 1 fully saturated rings. The Bertz CT molecular complexity index is 423. The molecule has 0 saturated carbocycles. The van der Waals surface area contributed by atoms with E-state index in [0.717, 1.165) is 6.54 Å². The van der Waals surface area contributed by atoms with Gasteiger partial charge in [-0.2, -0.15) is 5.26 Å². The predicted octanol–water partition coefficient (Wildman–Crippen LogP) is 2.67. The molecule has 2 atom stereocenters. The van der Waals surface area contributed by atoms with Gasteiger partial charge in [-0.3, -0.25) is 4.90 Å². The Morgan fingerprint density at radius 2 is 2.16 bits per heavy atom. The Balaban J connectivity index is 2.12. The summed E-state index contributed by atoms with van der Waals surface area (Å²) in [5.74, 6) is 0. The van der Waals surface area contributed by atoms with Crippen LogP contribution in [0.4, 0.5) is 0 Å². The molecular weight excluding hydrogens is 234 g/mol. The molecule has 3 nitrogen and oxygen atoms in total. The molecule has 0 aromatic heterocycles. The first-order chi connectivity index (χ1) is 9.22. The van der Waals surface area contributed by atoms with Crippen LogP contribution >= 0.6 is 0 Å². The number of benzene rings is 1. The van der Waals surface area contributed by atoms with Gasteiger partial charge in [0.2, 0.25) is 0 Å². The largest absolute Gasteiger partial charge is 0.305 e. The number of hydrogen-bond acceptors (Lipinski definition) is 3. The third-order valence-electron chi connectivity index (χ3n) is 4.14. The Labute approximate surface area is 116 Å². The van der Waals surface area contributed by atoms with Gasteiger partial charge in [0, 0.05) is 18.6 Å². The van der Waals surface area contributed by atoms with Crippen molar-refractivity contribution in [1.82, 2.24) is 9.80 Å². The maximum Gasteiger partial charge on any atom is 0.0641 e. The summed E-state index contributed by atoms with van der Waals surface area (Å²) in [5.41, 5.74) is 1.25. The lowest BCUT2D eigenvalue weighted by Gasteiger charge is -2.39. The van der Waals surface area contributed by atoms with E-state index in [9.17, 15) is 0 Å². The predicted molar refractivity (Wildman–Crippen MR) is 77.7 cm³/mol. The van der Waals surface area contributed by atoms with Gasteiger partial charge >= 0.3 is 0 Å². The van der Waals surface area contributed by atoms with Gasteiger partial charge in [0.05, 0.1) is 12.5 Å². The number of likely N-dealkylation sites (N-methyl/N-ethyl adjacent to an activating group) is 2. The molecule has 1 aromatic rings. The smallest absolute Gasteiger partial charge is 0.0641 e. The zero-order chi connectivity index (χ0) is 13.7. The summed E-state index contributed by atoms with van der Waals surface area (Å²) in [6.45, 7) is 2.30. The minimum atomic E-state index is 0.211. The standard InChI is InChI=1S/C16H23N3/c1-18-12-6-9-15(13-18)19(2)16(10-11-17)14-7-4-3-5-8-14/h3-5,7-8,15-16H,6,9-10,12-13H2,1-2H3. The lowest BCUT2D eigenvalue weighted by atomic mass is 9.98. The van der Waals surface area contributed by atoms with E-state index in [4.69, 9.17) is 5.26 Å². The van der Waals surface area contributed by atoms with Gasteiger partial charge in [-0.05, 0) is 39.0 Å². The third kappa shape index (κ3) is 3.56. The van der Waals surface area contributed by atoms with E-state index in [1.165, 1.54) is 24.9 Å². The quantitative estimate of drug-likeness (QED) is 0.830. The Morgan fingerprint density at radius 3 is 2.79 bits per heavy atom. The Morgan fingerprint density at radius 1 is 1.42 bits per heavy atom. The van der Waals surface area contributed by atoms with E-state index in [-0.39, 0.29) is 6.04 Å². The maximum absolute atomic E-state index is 9.11. The monoisotopic (exact) mass is 257 g/mol. The molecule has 1 aliphatic rings. The van der Waals surface area contributed by atoms with Crippen molar-refractivity contribution in [2.75, 3.05) is 27.2 Å². The molecule has 0 amide bonds. The average molecular weight is 257 g/mol. The van der Waals surface area contributed by atoms with Gasteiger partial charge in [0.1, 0.15) is 0 Å². The highest BCUT2D eigenvalue weighted by atomic mass is 15.2. The fraction of sp³-hybridized carbons (Fsp3) is 0.562. The highest BCUT2D eigenvalue weighted by Gasteiger charge is 2.27. The van der Waals surface area contributed by atoms with Crippen molar-refractivity contribution in [3.8, 4) is 6.07 Å². The van der Waals surface area contributed by atoms with Crippen LogP contribution in [0.2, 0.25) is 0 Å². The van der Waals surface area contributed by atoms with Crippen LogP contribution in [0.25, 0.3) is 0 Å². The lowest BCUT2D eigenvalue weighted by Crippen LogP contribution is -2.46. The van der Waals surface area contributed by atoms with E-state index >= 15 is 0 Å².